The van der Waals surface area contributed by atoms with Crippen LogP contribution in [-0.2, 0) is 19.8 Å². The molecule has 36 heavy (non-hydrogen) atoms. The molecule has 6 rings (SSSR count). The maximum Gasteiger partial charge on any atom is 0.337 e. The highest BCUT2D eigenvalue weighted by Gasteiger charge is 2.61. The number of carboxylic acid groups (broad SMARTS) is 1. The number of aromatic nitrogens is 2. The maximum absolute atomic E-state index is 13.5. The highest BCUT2D eigenvalue weighted by Crippen LogP contribution is 2.61. The number of hydrogen-bond acceptors (Lipinski definition) is 8. The van der Waals surface area contributed by atoms with Crippen molar-refractivity contribution in [2.75, 3.05) is 19.5 Å². The van der Waals surface area contributed by atoms with Crippen LogP contribution in [-0.4, -0.2) is 47.0 Å². The molecular formula is C25H26ClN3O7. The zero-order chi connectivity index (χ0) is 25.8. The molecule has 4 saturated carbocycles. The summed E-state index contributed by atoms with van der Waals surface area (Å²) in [5.74, 6) is -2.14. The predicted octanol–water partition coefficient (Wildman–Crippen LogP) is 3.45. The van der Waals surface area contributed by atoms with Gasteiger partial charge in [-0.1, -0.05) is 11.6 Å². The number of carbonyl (C=O) groups excluding carboxylic acids is 2. The van der Waals surface area contributed by atoms with Crippen molar-refractivity contribution in [2.24, 2.45) is 23.7 Å². The molecule has 190 valence electrons. The zero-order valence-corrected chi connectivity index (χ0v) is 20.6. The van der Waals surface area contributed by atoms with E-state index in [9.17, 15) is 24.3 Å². The van der Waals surface area contributed by atoms with Gasteiger partial charge >= 0.3 is 17.9 Å². The van der Waals surface area contributed by atoms with E-state index in [0.29, 0.717) is 24.7 Å². The molecule has 1 heterocycles. The predicted molar refractivity (Wildman–Crippen MR) is 129 cm³/mol. The number of rotatable bonds is 6. The number of methoxy groups -OCH3 is 2. The molecule has 1 aromatic carbocycles. The fourth-order valence-electron chi connectivity index (χ4n) is 6.90. The van der Waals surface area contributed by atoms with Gasteiger partial charge in [-0.2, -0.15) is 5.10 Å². The van der Waals surface area contributed by atoms with Crippen LogP contribution in [0.3, 0.4) is 0 Å². The lowest BCUT2D eigenvalue weighted by atomic mass is 9.48. The first kappa shape index (κ1) is 24.3. The summed E-state index contributed by atoms with van der Waals surface area (Å²) < 4.78 is 10.8. The molecule has 3 atom stereocenters. The lowest BCUT2D eigenvalue weighted by molar-refractivity contribution is -0.168. The Bertz CT molecular complexity index is 1270. The summed E-state index contributed by atoms with van der Waals surface area (Å²) in [7, 11) is 2.44. The third-order valence-electron chi connectivity index (χ3n) is 7.93. The van der Waals surface area contributed by atoms with E-state index in [2.05, 4.69) is 10.4 Å². The minimum absolute atomic E-state index is 0.0248. The van der Waals surface area contributed by atoms with E-state index in [1.165, 1.54) is 43.3 Å². The summed E-state index contributed by atoms with van der Waals surface area (Å²) in [6.07, 6.45) is 5.37. The molecule has 0 radical (unpaired) electrons. The number of ether oxygens (including phenoxy) is 2. The molecular weight excluding hydrogens is 490 g/mol. The molecule has 4 aliphatic carbocycles. The van der Waals surface area contributed by atoms with Gasteiger partial charge in [-0.3, -0.25) is 9.59 Å². The Kier molecular flexibility index (Phi) is 6.02. The molecule has 0 aliphatic heterocycles. The maximum atomic E-state index is 13.5. The normalized spacial score (nSPS) is 28.0. The molecule has 2 N–H and O–H groups in total. The number of nitrogens with zero attached hydrogens (tertiary/aromatic N) is 2. The van der Waals surface area contributed by atoms with Crippen LogP contribution in [0.15, 0.2) is 29.2 Å². The fraction of sp³-hybridized carbons (Fsp3) is 0.480. The Balaban J connectivity index is 1.53. The lowest BCUT2D eigenvalue weighted by Gasteiger charge is -2.59. The van der Waals surface area contributed by atoms with Gasteiger partial charge in [0.15, 0.2) is 0 Å². The Hall–Kier alpha value is -3.40. The summed E-state index contributed by atoms with van der Waals surface area (Å²) in [5, 5.41) is 17.3. The van der Waals surface area contributed by atoms with Crippen molar-refractivity contribution in [1.29, 1.82) is 0 Å². The second-order valence-corrected chi connectivity index (χ2v) is 10.4. The standard InChI is InChI=1S/C25H26ClN3O7/c1-35-23(33)15-6-16(24(34)36-2)8-17(7-15)28-18-11-27-29(21(30)20(18)26)25-9-12-3-13(10-25)5-14(4-12)19(25)22(31)32/h6-8,11-14,19,28H,3-5,9-10H2,1-2H3,(H,31,32)/t12-,13-,14?,19-,25?/m0/s1. The monoisotopic (exact) mass is 515 g/mol. The number of hydrogen-bond donors (Lipinski definition) is 2. The van der Waals surface area contributed by atoms with E-state index in [4.69, 9.17) is 21.1 Å². The summed E-state index contributed by atoms with van der Waals surface area (Å²) >= 11 is 6.51. The molecule has 1 aromatic heterocycles. The number of carboxylic acids is 1. The molecule has 4 bridgehead atoms. The van der Waals surface area contributed by atoms with E-state index in [0.717, 1.165) is 19.3 Å². The van der Waals surface area contributed by atoms with Gasteiger partial charge in [0.25, 0.3) is 5.56 Å². The third-order valence-corrected chi connectivity index (χ3v) is 8.30. The molecule has 10 nitrogen and oxygen atoms in total. The highest BCUT2D eigenvalue weighted by molar-refractivity contribution is 6.33. The molecule has 0 amide bonds. The van der Waals surface area contributed by atoms with Crippen LogP contribution in [0.2, 0.25) is 5.02 Å². The summed E-state index contributed by atoms with van der Waals surface area (Å²) in [6, 6.07) is 4.22. The first-order valence-electron chi connectivity index (χ1n) is 11.8. The van der Waals surface area contributed by atoms with Gasteiger partial charge in [-0.25, -0.2) is 14.3 Å². The van der Waals surface area contributed by atoms with Crippen LogP contribution < -0.4 is 10.9 Å². The molecule has 2 aromatic rings. The number of anilines is 2. The number of carbonyl (C=O) groups is 3. The third kappa shape index (κ3) is 3.84. The Labute approximate surface area is 211 Å². The van der Waals surface area contributed by atoms with Crippen molar-refractivity contribution in [3.8, 4) is 0 Å². The van der Waals surface area contributed by atoms with Crippen molar-refractivity contribution in [3.63, 3.8) is 0 Å². The number of aliphatic carboxylic acids is 1. The van der Waals surface area contributed by atoms with Crippen molar-refractivity contribution >= 4 is 40.9 Å². The lowest BCUT2D eigenvalue weighted by Crippen LogP contribution is -2.63. The topological polar surface area (TPSA) is 137 Å². The average Bonchev–Trinajstić information content (AvgIpc) is 2.84. The Morgan fingerprint density at radius 3 is 2.17 bits per heavy atom. The van der Waals surface area contributed by atoms with Gasteiger partial charge in [-0.05, 0) is 68.1 Å². The fourth-order valence-corrected chi connectivity index (χ4v) is 7.07. The van der Waals surface area contributed by atoms with E-state index in [-0.39, 0.29) is 33.4 Å². The van der Waals surface area contributed by atoms with Gasteiger partial charge in [-0.15, -0.1) is 0 Å². The van der Waals surface area contributed by atoms with Gasteiger partial charge < -0.3 is 19.9 Å². The first-order chi connectivity index (χ1) is 17.2. The molecule has 4 aliphatic rings. The van der Waals surface area contributed by atoms with Gasteiger partial charge in [0.2, 0.25) is 0 Å². The minimum Gasteiger partial charge on any atom is -0.481 e. The second-order valence-electron chi connectivity index (χ2n) is 10.0. The molecule has 11 heteroatoms. The van der Waals surface area contributed by atoms with Crippen LogP contribution in [0.25, 0.3) is 0 Å². The quantitative estimate of drug-likeness (QED) is 0.554. The highest BCUT2D eigenvalue weighted by atomic mass is 35.5. The van der Waals surface area contributed by atoms with E-state index in [1.54, 1.807) is 0 Å². The van der Waals surface area contributed by atoms with E-state index >= 15 is 0 Å². The van der Waals surface area contributed by atoms with Crippen molar-refractivity contribution in [1.82, 2.24) is 9.78 Å². The number of esters is 2. The first-order valence-corrected chi connectivity index (χ1v) is 12.1. The second kappa shape index (κ2) is 8.92. The van der Waals surface area contributed by atoms with Crippen LogP contribution in [0.4, 0.5) is 11.4 Å². The largest absolute Gasteiger partial charge is 0.481 e. The van der Waals surface area contributed by atoms with Gasteiger partial charge in [0, 0.05) is 5.69 Å². The molecule has 0 saturated heterocycles. The number of halogens is 1. The smallest absolute Gasteiger partial charge is 0.337 e. The van der Waals surface area contributed by atoms with Crippen LogP contribution in [0, 0.1) is 23.7 Å². The zero-order valence-electron chi connectivity index (χ0n) is 19.8. The summed E-state index contributed by atoms with van der Waals surface area (Å²) in [6.45, 7) is 0. The van der Waals surface area contributed by atoms with Crippen LogP contribution >= 0.6 is 11.6 Å². The average molecular weight is 516 g/mol. The minimum atomic E-state index is -0.902. The molecule has 4 fully saturated rings. The van der Waals surface area contributed by atoms with Crippen molar-refractivity contribution in [2.45, 2.75) is 37.6 Å². The molecule has 0 spiro atoms. The summed E-state index contributed by atoms with van der Waals surface area (Å²) in [5.41, 5.74) is -0.837. The Morgan fingerprint density at radius 1 is 1.06 bits per heavy atom. The van der Waals surface area contributed by atoms with E-state index in [1.807, 2.05) is 0 Å². The van der Waals surface area contributed by atoms with Gasteiger partial charge in [0.1, 0.15) is 5.02 Å². The van der Waals surface area contributed by atoms with Crippen molar-refractivity contribution < 1.29 is 29.0 Å². The van der Waals surface area contributed by atoms with Gasteiger partial charge in [0.05, 0.1) is 48.7 Å². The molecule has 0 unspecified atom stereocenters. The SMILES string of the molecule is COC(=O)c1cc(Nc2cnn(C34C[C@@H]5CC(C[C@H](C5)C3)[C@H]4C(=O)O)c(=O)c2Cl)cc(C(=O)OC)c1. The van der Waals surface area contributed by atoms with Crippen LogP contribution in [0.5, 0.6) is 0 Å². The van der Waals surface area contributed by atoms with Crippen LogP contribution in [0.1, 0.15) is 52.8 Å². The van der Waals surface area contributed by atoms with E-state index < -0.39 is 34.9 Å². The number of benzene rings is 1. The Morgan fingerprint density at radius 2 is 1.64 bits per heavy atom. The number of nitrogens with one attached hydrogen (secondary N) is 1. The summed E-state index contributed by atoms with van der Waals surface area (Å²) in [4.78, 5) is 50.0. The van der Waals surface area contributed by atoms with Crippen molar-refractivity contribution in [3.05, 3.63) is 50.9 Å².